The average molecular weight is 355 g/mol. The van der Waals surface area contributed by atoms with Gasteiger partial charge in [0, 0.05) is 5.56 Å². The third kappa shape index (κ3) is 2.90. The molecule has 0 N–H and O–H groups in total. The second-order valence-corrected chi connectivity index (χ2v) is 7.07. The third-order valence-electron chi connectivity index (χ3n) is 3.74. The lowest BCUT2D eigenvalue weighted by Gasteiger charge is -2.16. The number of thioether (sulfide) groups is 1. The van der Waals surface area contributed by atoms with E-state index in [9.17, 15) is 4.79 Å². The Balaban J connectivity index is 1.57. The van der Waals surface area contributed by atoms with Crippen molar-refractivity contribution in [2.75, 3.05) is 6.61 Å². The molecule has 1 aromatic carbocycles. The number of nitrogens with zero attached hydrogens (tertiary/aromatic N) is 1. The molecule has 4 nitrogen and oxygen atoms in total. The molecule has 2 aliphatic rings. The average Bonchev–Trinajstić information content (AvgIpc) is 3.19. The Hall–Kier alpha value is -2.31. The maximum atomic E-state index is 12.6. The Bertz CT molecular complexity index is 868. The molecule has 0 bridgehead atoms. The number of fused-ring (bicyclic) bond motifs is 1. The Morgan fingerprint density at radius 1 is 1.25 bits per heavy atom. The molecule has 2 aliphatic heterocycles. The van der Waals surface area contributed by atoms with Gasteiger partial charge in [-0.3, -0.25) is 9.69 Å². The van der Waals surface area contributed by atoms with Crippen molar-refractivity contribution < 1.29 is 13.9 Å². The molecule has 0 spiro atoms. The van der Waals surface area contributed by atoms with E-state index in [0.717, 1.165) is 16.9 Å². The molecule has 1 aromatic heterocycles. The van der Waals surface area contributed by atoms with Crippen LogP contribution in [-0.4, -0.2) is 21.7 Å². The number of carbonyl (C=O) groups is 1. The first kappa shape index (κ1) is 15.2. The molecule has 0 radical (unpaired) electrons. The SMILES string of the molecule is O=C1/C(=C/C2=Cc3ccccc3OC2)SC(=S)N1Cc1ccco1. The van der Waals surface area contributed by atoms with Gasteiger partial charge in [0.2, 0.25) is 0 Å². The number of hydrogen-bond acceptors (Lipinski definition) is 5. The van der Waals surface area contributed by atoms with Gasteiger partial charge in [0.15, 0.2) is 0 Å². The van der Waals surface area contributed by atoms with Crippen molar-refractivity contribution in [2.45, 2.75) is 6.54 Å². The molecule has 2 aromatic rings. The van der Waals surface area contributed by atoms with Gasteiger partial charge in [0.05, 0.1) is 17.7 Å². The van der Waals surface area contributed by atoms with Crippen LogP contribution in [-0.2, 0) is 11.3 Å². The molecule has 1 saturated heterocycles. The summed E-state index contributed by atoms with van der Waals surface area (Å²) in [5, 5.41) is 0. The maximum Gasteiger partial charge on any atom is 0.266 e. The fourth-order valence-corrected chi connectivity index (χ4v) is 3.85. The van der Waals surface area contributed by atoms with Crippen molar-refractivity contribution in [3.63, 3.8) is 0 Å². The highest BCUT2D eigenvalue weighted by molar-refractivity contribution is 8.26. The predicted molar refractivity (Wildman–Crippen MR) is 97.4 cm³/mol. The summed E-state index contributed by atoms with van der Waals surface area (Å²) in [4.78, 5) is 14.8. The van der Waals surface area contributed by atoms with Gasteiger partial charge in [0.25, 0.3) is 5.91 Å². The zero-order valence-electron chi connectivity index (χ0n) is 12.6. The predicted octanol–water partition coefficient (Wildman–Crippen LogP) is 4.00. The summed E-state index contributed by atoms with van der Waals surface area (Å²) in [6.45, 7) is 0.798. The number of amides is 1. The molecule has 1 amide bonds. The van der Waals surface area contributed by atoms with Gasteiger partial charge >= 0.3 is 0 Å². The monoisotopic (exact) mass is 355 g/mol. The van der Waals surface area contributed by atoms with E-state index < -0.39 is 0 Å². The minimum atomic E-state index is -0.0961. The van der Waals surface area contributed by atoms with Gasteiger partial charge in [-0.25, -0.2) is 0 Å². The van der Waals surface area contributed by atoms with Gasteiger partial charge in [0.1, 0.15) is 22.4 Å². The second kappa shape index (κ2) is 6.30. The summed E-state index contributed by atoms with van der Waals surface area (Å²) in [6.07, 6.45) is 5.49. The Morgan fingerprint density at radius 2 is 2.12 bits per heavy atom. The number of thiocarbonyl (C=S) groups is 1. The van der Waals surface area contributed by atoms with Gasteiger partial charge in [-0.1, -0.05) is 42.2 Å². The van der Waals surface area contributed by atoms with E-state index in [4.69, 9.17) is 21.4 Å². The molecule has 24 heavy (non-hydrogen) atoms. The lowest BCUT2D eigenvalue weighted by Crippen LogP contribution is -2.27. The Kier molecular flexibility index (Phi) is 4.00. The number of para-hydroxylation sites is 1. The normalized spacial score (nSPS) is 18.6. The number of hydrogen-bond donors (Lipinski definition) is 0. The van der Waals surface area contributed by atoms with Crippen molar-refractivity contribution >= 4 is 40.3 Å². The molecular weight excluding hydrogens is 342 g/mol. The minimum absolute atomic E-state index is 0.0961. The van der Waals surface area contributed by atoms with Gasteiger partial charge < -0.3 is 9.15 Å². The summed E-state index contributed by atoms with van der Waals surface area (Å²) in [7, 11) is 0. The topological polar surface area (TPSA) is 42.7 Å². The van der Waals surface area contributed by atoms with E-state index in [0.29, 0.717) is 28.1 Å². The highest BCUT2D eigenvalue weighted by Crippen LogP contribution is 2.34. The molecule has 1 fully saturated rings. The first-order valence-corrected chi connectivity index (χ1v) is 8.63. The number of furan rings is 1. The second-order valence-electron chi connectivity index (χ2n) is 5.39. The van der Waals surface area contributed by atoms with Gasteiger partial charge in [-0.2, -0.15) is 0 Å². The van der Waals surface area contributed by atoms with E-state index in [2.05, 4.69) is 0 Å². The van der Waals surface area contributed by atoms with Crippen LogP contribution >= 0.6 is 24.0 Å². The van der Waals surface area contributed by atoms with Crippen molar-refractivity contribution in [1.29, 1.82) is 0 Å². The molecular formula is C18H13NO3S2. The van der Waals surface area contributed by atoms with E-state index in [-0.39, 0.29) is 5.91 Å². The van der Waals surface area contributed by atoms with Crippen LogP contribution in [0.25, 0.3) is 6.08 Å². The minimum Gasteiger partial charge on any atom is -0.488 e. The van der Waals surface area contributed by atoms with Crippen molar-refractivity contribution in [3.8, 4) is 5.75 Å². The van der Waals surface area contributed by atoms with Crippen LogP contribution in [0.2, 0.25) is 0 Å². The van der Waals surface area contributed by atoms with Crippen LogP contribution < -0.4 is 4.74 Å². The molecule has 120 valence electrons. The molecule has 6 heteroatoms. The lowest BCUT2D eigenvalue weighted by atomic mass is 10.1. The van der Waals surface area contributed by atoms with Gasteiger partial charge in [-0.15, -0.1) is 0 Å². The lowest BCUT2D eigenvalue weighted by molar-refractivity contribution is -0.122. The van der Waals surface area contributed by atoms with Crippen LogP contribution in [0.1, 0.15) is 11.3 Å². The number of ether oxygens (including phenoxy) is 1. The highest BCUT2D eigenvalue weighted by atomic mass is 32.2. The van der Waals surface area contributed by atoms with E-state index in [1.165, 1.54) is 11.8 Å². The first-order valence-electron chi connectivity index (χ1n) is 7.41. The number of carbonyl (C=O) groups excluding carboxylic acids is 1. The summed E-state index contributed by atoms with van der Waals surface area (Å²) in [5.74, 6) is 1.47. The molecule has 0 atom stereocenters. The molecule has 3 heterocycles. The third-order valence-corrected chi connectivity index (χ3v) is 5.12. The van der Waals surface area contributed by atoms with Crippen molar-refractivity contribution in [3.05, 3.63) is 70.5 Å². The quantitative estimate of drug-likeness (QED) is 0.615. The summed E-state index contributed by atoms with van der Waals surface area (Å²) < 4.78 is 11.6. The summed E-state index contributed by atoms with van der Waals surface area (Å²) >= 11 is 6.64. The number of rotatable bonds is 3. The van der Waals surface area contributed by atoms with Crippen molar-refractivity contribution in [2.24, 2.45) is 0 Å². The Morgan fingerprint density at radius 3 is 2.96 bits per heavy atom. The standard InChI is InChI=1S/C18H13NO3S2/c20-17-16(24-18(23)19(17)10-14-5-3-7-21-14)9-12-8-13-4-1-2-6-15(13)22-11-12/h1-9H,10-11H2/b16-9-. The van der Waals surface area contributed by atoms with Gasteiger partial charge in [-0.05, 0) is 35.9 Å². The molecule has 0 saturated carbocycles. The van der Waals surface area contributed by atoms with Crippen molar-refractivity contribution in [1.82, 2.24) is 4.90 Å². The Labute approximate surface area is 148 Å². The van der Waals surface area contributed by atoms with Crippen LogP contribution in [0, 0.1) is 0 Å². The first-order chi connectivity index (χ1) is 11.7. The van der Waals surface area contributed by atoms with E-state index >= 15 is 0 Å². The largest absolute Gasteiger partial charge is 0.488 e. The van der Waals surface area contributed by atoms with E-state index in [1.54, 1.807) is 17.2 Å². The summed E-state index contributed by atoms with van der Waals surface area (Å²) in [6, 6.07) is 11.5. The summed E-state index contributed by atoms with van der Waals surface area (Å²) in [5.41, 5.74) is 1.97. The fourth-order valence-electron chi connectivity index (χ4n) is 2.58. The molecule has 0 aliphatic carbocycles. The van der Waals surface area contributed by atoms with Crippen LogP contribution in [0.5, 0.6) is 5.75 Å². The molecule has 0 unspecified atom stereocenters. The highest BCUT2D eigenvalue weighted by Gasteiger charge is 2.32. The van der Waals surface area contributed by atoms with E-state index in [1.807, 2.05) is 42.5 Å². The zero-order chi connectivity index (χ0) is 16.5. The number of benzene rings is 1. The molecule has 4 rings (SSSR count). The van der Waals surface area contributed by atoms with Crippen LogP contribution in [0.4, 0.5) is 0 Å². The maximum absolute atomic E-state index is 12.6. The fraction of sp³-hybridized carbons (Fsp3) is 0.111. The zero-order valence-corrected chi connectivity index (χ0v) is 14.2. The smallest absolute Gasteiger partial charge is 0.266 e. The van der Waals surface area contributed by atoms with Crippen LogP contribution in [0.15, 0.2) is 63.6 Å². The van der Waals surface area contributed by atoms with Crippen LogP contribution in [0.3, 0.4) is 0 Å².